The van der Waals surface area contributed by atoms with E-state index in [4.69, 9.17) is 10.6 Å². The topological polar surface area (TPSA) is 82.2 Å². The number of nitrogens with one attached hydrogen (secondary N) is 1. The second-order valence-corrected chi connectivity index (χ2v) is 5.48. The van der Waals surface area contributed by atoms with E-state index in [0.717, 1.165) is 31.0 Å². The predicted molar refractivity (Wildman–Crippen MR) is 75.8 cm³/mol. The zero-order valence-corrected chi connectivity index (χ0v) is 11.9. The molecule has 0 saturated heterocycles. The third kappa shape index (κ3) is 5.21. The molecule has 1 aliphatic carbocycles. The third-order valence-electron chi connectivity index (χ3n) is 3.73. The van der Waals surface area contributed by atoms with Crippen LogP contribution in [0.5, 0.6) is 0 Å². The third-order valence-corrected chi connectivity index (χ3v) is 3.73. The molecule has 0 radical (unpaired) electrons. The molecule has 1 saturated carbocycles. The minimum Gasteiger partial charge on any atom is -0.350 e. The summed E-state index contributed by atoms with van der Waals surface area (Å²) in [7, 11) is 0. The highest BCUT2D eigenvalue weighted by Crippen LogP contribution is 2.24. The summed E-state index contributed by atoms with van der Waals surface area (Å²) in [6.07, 6.45) is 12.5. The zero-order valence-electron chi connectivity index (χ0n) is 11.9. The summed E-state index contributed by atoms with van der Waals surface area (Å²) in [6.45, 7) is 1.53. The molecule has 1 fully saturated rings. The normalized spacial score (nSPS) is 16.2. The Morgan fingerprint density at radius 3 is 3.00 bits per heavy atom. The number of aryl methyl sites for hydroxylation is 1. The molecule has 2 rings (SSSR count). The minimum absolute atomic E-state index is 0.443. The number of hydroxylamine groups is 1. The van der Waals surface area contributed by atoms with E-state index in [2.05, 4.69) is 21.2 Å². The molecule has 0 unspecified atom stereocenters. The van der Waals surface area contributed by atoms with Gasteiger partial charge in [-0.15, -0.1) is 0 Å². The first-order valence-corrected chi connectivity index (χ1v) is 7.42. The van der Waals surface area contributed by atoms with Gasteiger partial charge >= 0.3 is 6.03 Å². The molecule has 20 heavy (non-hydrogen) atoms. The van der Waals surface area contributed by atoms with Crippen LogP contribution in [0.15, 0.2) is 12.5 Å². The Labute approximate surface area is 119 Å². The maximum atomic E-state index is 10.4. The molecular formula is C14H24N4O2. The number of nitrogens with zero attached hydrogens (tertiary/aromatic N) is 2. The van der Waals surface area contributed by atoms with E-state index < -0.39 is 6.03 Å². The predicted octanol–water partition coefficient (Wildman–Crippen LogP) is 2.00. The second kappa shape index (κ2) is 7.89. The van der Waals surface area contributed by atoms with Crippen molar-refractivity contribution < 1.29 is 9.63 Å². The summed E-state index contributed by atoms with van der Waals surface area (Å²) in [6, 6.07) is -0.665. The first-order chi connectivity index (χ1) is 9.74. The number of urea groups is 1. The van der Waals surface area contributed by atoms with Crippen LogP contribution in [-0.4, -0.2) is 22.2 Å². The molecule has 0 spiro atoms. The molecule has 112 valence electrons. The average molecular weight is 280 g/mol. The lowest BCUT2D eigenvalue weighted by atomic mass is 9.89. The van der Waals surface area contributed by atoms with Gasteiger partial charge in [0.1, 0.15) is 0 Å². The van der Waals surface area contributed by atoms with Crippen LogP contribution >= 0.6 is 0 Å². The molecule has 0 aromatic carbocycles. The fourth-order valence-corrected chi connectivity index (χ4v) is 2.75. The van der Waals surface area contributed by atoms with Crippen molar-refractivity contribution in [2.45, 2.75) is 51.5 Å². The van der Waals surface area contributed by atoms with Crippen molar-refractivity contribution in [2.75, 3.05) is 6.61 Å². The van der Waals surface area contributed by atoms with Crippen molar-refractivity contribution in [2.24, 2.45) is 11.7 Å². The van der Waals surface area contributed by atoms with Gasteiger partial charge in [-0.25, -0.2) is 15.3 Å². The van der Waals surface area contributed by atoms with Crippen molar-refractivity contribution in [3.63, 3.8) is 0 Å². The number of carbonyl (C=O) groups excluding carboxylic acids is 1. The van der Waals surface area contributed by atoms with E-state index in [9.17, 15) is 4.79 Å². The van der Waals surface area contributed by atoms with Crippen LogP contribution in [0.1, 0.15) is 44.2 Å². The van der Waals surface area contributed by atoms with Gasteiger partial charge in [-0.2, -0.15) is 0 Å². The van der Waals surface area contributed by atoms with E-state index in [0.29, 0.717) is 6.61 Å². The molecule has 1 aromatic heterocycles. The first-order valence-electron chi connectivity index (χ1n) is 7.42. The summed E-state index contributed by atoms with van der Waals surface area (Å²) >= 11 is 0. The van der Waals surface area contributed by atoms with Gasteiger partial charge in [0.25, 0.3) is 0 Å². The minimum atomic E-state index is -0.665. The molecule has 6 nitrogen and oxygen atoms in total. The Balaban J connectivity index is 1.65. The van der Waals surface area contributed by atoms with E-state index >= 15 is 0 Å². The number of primary amides is 1. The summed E-state index contributed by atoms with van der Waals surface area (Å²) in [5, 5.41) is 0. The van der Waals surface area contributed by atoms with Crippen LogP contribution in [0.2, 0.25) is 0 Å². The number of imidazole rings is 1. The van der Waals surface area contributed by atoms with Gasteiger partial charge in [0, 0.05) is 12.7 Å². The van der Waals surface area contributed by atoms with Crippen LogP contribution in [0.4, 0.5) is 4.79 Å². The van der Waals surface area contributed by atoms with Gasteiger partial charge < -0.3 is 10.3 Å². The van der Waals surface area contributed by atoms with Crippen LogP contribution in [0.3, 0.4) is 0 Å². The van der Waals surface area contributed by atoms with Crippen molar-refractivity contribution in [1.82, 2.24) is 15.0 Å². The van der Waals surface area contributed by atoms with Crippen molar-refractivity contribution in [3.8, 4) is 0 Å². The molecule has 1 aromatic rings. The maximum Gasteiger partial charge on any atom is 0.336 e. The van der Waals surface area contributed by atoms with E-state index in [1.807, 2.05) is 6.33 Å². The number of hydrogen-bond acceptors (Lipinski definition) is 3. The SMILES string of the molecule is NC(=O)NOCCCc1cn(CC2CCCCC2)cn1. The van der Waals surface area contributed by atoms with E-state index in [1.54, 1.807) is 0 Å². The second-order valence-electron chi connectivity index (χ2n) is 5.48. The highest BCUT2D eigenvalue weighted by Gasteiger charge is 2.13. The molecular weight excluding hydrogens is 256 g/mol. The number of nitrogens with two attached hydrogens (primary N) is 1. The largest absolute Gasteiger partial charge is 0.350 e. The summed E-state index contributed by atoms with van der Waals surface area (Å²) in [5.74, 6) is 0.814. The van der Waals surface area contributed by atoms with Crippen LogP contribution in [0, 0.1) is 5.92 Å². The van der Waals surface area contributed by atoms with Gasteiger partial charge in [0.05, 0.1) is 18.6 Å². The molecule has 1 aliphatic rings. The highest BCUT2D eigenvalue weighted by molar-refractivity contribution is 5.70. The molecule has 0 aliphatic heterocycles. The van der Waals surface area contributed by atoms with E-state index in [1.165, 1.54) is 32.1 Å². The van der Waals surface area contributed by atoms with Crippen LogP contribution in [-0.2, 0) is 17.8 Å². The lowest BCUT2D eigenvalue weighted by Gasteiger charge is -2.21. The van der Waals surface area contributed by atoms with Crippen molar-refractivity contribution in [1.29, 1.82) is 0 Å². The molecule has 2 amide bonds. The highest BCUT2D eigenvalue weighted by atomic mass is 16.7. The standard InChI is InChI=1S/C14H24N4O2/c15-14(19)17-20-8-4-7-13-10-18(11-16-13)9-12-5-2-1-3-6-12/h10-12H,1-9H2,(H3,15,17,19). The van der Waals surface area contributed by atoms with Gasteiger partial charge in [0.15, 0.2) is 0 Å². The maximum absolute atomic E-state index is 10.4. The lowest BCUT2D eigenvalue weighted by molar-refractivity contribution is 0.0628. The summed E-state index contributed by atoms with van der Waals surface area (Å²) in [4.78, 5) is 19.7. The number of hydrogen-bond donors (Lipinski definition) is 2. The van der Waals surface area contributed by atoms with Crippen molar-refractivity contribution in [3.05, 3.63) is 18.2 Å². The average Bonchev–Trinajstić information content (AvgIpc) is 2.87. The molecule has 0 atom stereocenters. The van der Waals surface area contributed by atoms with Gasteiger partial charge in [-0.05, 0) is 31.6 Å². The Kier molecular flexibility index (Phi) is 5.86. The zero-order chi connectivity index (χ0) is 14.2. The van der Waals surface area contributed by atoms with Crippen LogP contribution < -0.4 is 11.2 Å². The van der Waals surface area contributed by atoms with Crippen molar-refractivity contribution >= 4 is 6.03 Å². The fraction of sp³-hybridized carbons (Fsp3) is 0.714. The summed E-state index contributed by atoms with van der Waals surface area (Å²) < 4.78 is 2.20. The Morgan fingerprint density at radius 2 is 2.25 bits per heavy atom. The van der Waals surface area contributed by atoms with Gasteiger partial charge in [-0.3, -0.25) is 4.84 Å². The van der Waals surface area contributed by atoms with Gasteiger partial charge in [0.2, 0.25) is 0 Å². The molecule has 3 N–H and O–H groups in total. The number of aromatic nitrogens is 2. The molecule has 0 bridgehead atoms. The van der Waals surface area contributed by atoms with Gasteiger partial charge in [-0.1, -0.05) is 19.3 Å². The number of carbonyl (C=O) groups is 1. The Hall–Kier alpha value is -1.56. The Bertz CT molecular complexity index is 413. The molecule has 1 heterocycles. The quantitative estimate of drug-likeness (QED) is 0.592. The summed E-state index contributed by atoms with van der Waals surface area (Å²) in [5.41, 5.74) is 8.06. The smallest absolute Gasteiger partial charge is 0.336 e. The van der Waals surface area contributed by atoms with E-state index in [-0.39, 0.29) is 0 Å². The monoisotopic (exact) mass is 280 g/mol. The van der Waals surface area contributed by atoms with Crippen LogP contribution in [0.25, 0.3) is 0 Å². The number of rotatable bonds is 7. The Morgan fingerprint density at radius 1 is 1.45 bits per heavy atom. The number of amides is 2. The first kappa shape index (κ1) is 14.8. The molecule has 6 heteroatoms. The fourth-order valence-electron chi connectivity index (χ4n) is 2.75. The lowest BCUT2D eigenvalue weighted by Crippen LogP contribution is -2.29.